The summed E-state index contributed by atoms with van der Waals surface area (Å²) in [5.41, 5.74) is 3.08. The molecule has 0 fully saturated rings. The summed E-state index contributed by atoms with van der Waals surface area (Å²) in [4.78, 5) is 50.7. The smallest absolute Gasteiger partial charge is 0.338 e. The number of carbonyl (C=O) groups is 4. The Morgan fingerprint density at radius 3 is 2.06 bits per heavy atom. The Labute approximate surface area is 197 Å². The van der Waals surface area contributed by atoms with Gasteiger partial charge >= 0.3 is 5.97 Å². The molecule has 1 aliphatic heterocycles. The molecule has 1 N–H and O–H groups in total. The predicted molar refractivity (Wildman–Crippen MR) is 128 cm³/mol. The molecule has 0 unspecified atom stereocenters. The third kappa shape index (κ3) is 4.88. The number of carbonyl (C=O) groups excluding carboxylic acids is 4. The molecule has 1 heterocycles. The number of hydrogen-bond donors (Lipinski definition) is 1. The predicted octanol–water partition coefficient (Wildman–Crippen LogP) is 4.63. The van der Waals surface area contributed by atoms with E-state index in [1.165, 1.54) is 29.8 Å². The van der Waals surface area contributed by atoms with Crippen LogP contribution in [-0.2, 0) is 16.0 Å². The van der Waals surface area contributed by atoms with Crippen LogP contribution in [0.25, 0.3) is 0 Å². The Kier molecular flexibility index (Phi) is 6.82. The van der Waals surface area contributed by atoms with Crippen molar-refractivity contribution in [3.05, 3.63) is 95.1 Å². The maximum absolute atomic E-state index is 12.6. The van der Waals surface area contributed by atoms with E-state index in [9.17, 15) is 19.2 Å². The van der Waals surface area contributed by atoms with Gasteiger partial charge in [-0.05, 0) is 66.9 Å². The van der Waals surface area contributed by atoms with E-state index >= 15 is 0 Å². The van der Waals surface area contributed by atoms with E-state index in [2.05, 4.69) is 12.2 Å². The van der Waals surface area contributed by atoms with E-state index in [1.54, 1.807) is 24.3 Å². The van der Waals surface area contributed by atoms with Gasteiger partial charge in [0.25, 0.3) is 17.7 Å². The first-order chi connectivity index (χ1) is 16.5. The maximum Gasteiger partial charge on any atom is 0.338 e. The van der Waals surface area contributed by atoms with Crippen molar-refractivity contribution in [2.45, 2.75) is 26.2 Å². The summed E-state index contributed by atoms with van der Waals surface area (Å²) in [7, 11) is 0. The zero-order chi connectivity index (χ0) is 24.1. The van der Waals surface area contributed by atoms with Crippen LogP contribution in [-0.4, -0.2) is 30.3 Å². The second kappa shape index (κ2) is 10.1. The summed E-state index contributed by atoms with van der Waals surface area (Å²) in [6.45, 7) is 1.70. The third-order valence-electron chi connectivity index (χ3n) is 5.55. The van der Waals surface area contributed by atoms with E-state index < -0.39 is 30.3 Å². The fourth-order valence-corrected chi connectivity index (χ4v) is 3.72. The molecule has 3 aromatic rings. The van der Waals surface area contributed by atoms with Crippen LogP contribution in [0.3, 0.4) is 0 Å². The minimum atomic E-state index is -0.682. The highest BCUT2D eigenvalue weighted by Gasteiger charge is 2.36. The molecule has 34 heavy (non-hydrogen) atoms. The largest absolute Gasteiger partial charge is 0.452 e. The number of benzene rings is 3. The second-order valence-corrected chi connectivity index (χ2v) is 7.96. The van der Waals surface area contributed by atoms with Gasteiger partial charge in [0.2, 0.25) is 0 Å². The van der Waals surface area contributed by atoms with Crippen molar-refractivity contribution in [3.8, 4) is 0 Å². The summed E-state index contributed by atoms with van der Waals surface area (Å²) >= 11 is 0. The van der Waals surface area contributed by atoms with E-state index in [4.69, 9.17) is 4.74 Å². The number of hydrogen-bond acceptors (Lipinski definition) is 5. The molecule has 0 bridgehead atoms. The lowest BCUT2D eigenvalue weighted by atomic mass is 10.1. The minimum Gasteiger partial charge on any atom is -0.452 e. The van der Waals surface area contributed by atoms with Gasteiger partial charge in [-0.1, -0.05) is 37.6 Å². The molecule has 0 aromatic heterocycles. The number of esters is 1. The van der Waals surface area contributed by atoms with Crippen LogP contribution >= 0.6 is 0 Å². The number of anilines is 2. The highest BCUT2D eigenvalue weighted by Crippen LogP contribution is 2.28. The van der Waals surface area contributed by atoms with Gasteiger partial charge in [0.15, 0.2) is 6.61 Å². The van der Waals surface area contributed by atoms with Crippen molar-refractivity contribution in [2.24, 2.45) is 0 Å². The minimum absolute atomic E-state index is 0.202. The zero-order valence-corrected chi connectivity index (χ0v) is 18.7. The zero-order valence-electron chi connectivity index (χ0n) is 18.7. The molecule has 0 aliphatic carbocycles. The van der Waals surface area contributed by atoms with E-state index in [-0.39, 0.29) is 5.56 Å². The second-order valence-electron chi connectivity index (χ2n) is 7.96. The number of aryl methyl sites for hydroxylation is 1. The Morgan fingerprint density at radius 1 is 0.853 bits per heavy atom. The summed E-state index contributed by atoms with van der Waals surface area (Å²) in [5.74, 6) is -1.95. The molecule has 0 radical (unpaired) electrons. The van der Waals surface area contributed by atoms with Crippen molar-refractivity contribution in [1.29, 1.82) is 0 Å². The Hall–Kier alpha value is -4.26. The number of unbranched alkanes of at least 4 members (excludes halogenated alkanes) is 1. The van der Waals surface area contributed by atoms with E-state index in [0.717, 1.165) is 24.2 Å². The van der Waals surface area contributed by atoms with Crippen LogP contribution < -0.4 is 10.2 Å². The molecule has 4 rings (SSSR count). The maximum atomic E-state index is 12.6. The molecule has 0 atom stereocenters. The first-order valence-electron chi connectivity index (χ1n) is 11.1. The van der Waals surface area contributed by atoms with Gasteiger partial charge in [-0.15, -0.1) is 0 Å². The fraction of sp³-hybridized carbons (Fsp3) is 0.185. The van der Waals surface area contributed by atoms with Gasteiger partial charge in [0.1, 0.15) is 0 Å². The van der Waals surface area contributed by atoms with E-state index in [0.29, 0.717) is 22.5 Å². The Morgan fingerprint density at radius 2 is 1.47 bits per heavy atom. The monoisotopic (exact) mass is 456 g/mol. The normalized spacial score (nSPS) is 12.4. The van der Waals surface area contributed by atoms with Gasteiger partial charge in [0.05, 0.1) is 22.4 Å². The molecule has 3 aromatic carbocycles. The van der Waals surface area contributed by atoms with Crippen LogP contribution in [0.5, 0.6) is 0 Å². The highest BCUT2D eigenvalue weighted by molar-refractivity contribution is 6.34. The van der Waals surface area contributed by atoms with Crippen LogP contribution in [0.4, 0.5) is 11.4 Å². The average molecular weight is 456 g/mol. The topological polar surface area (TPSA) is 92.8 Å². The Bertz CT molecular complexity index is 1200. The first kappa shape index (κ1) is 22.9. The molecule has 172 valence electrons. The SMILES string of the molecule is CCCCc1ccc(NC(=O)COC(=O)c2ccc(N3C(=O)c4ccccc4C3=O)cc2)cc1. The number of nitrogens with one attached hydrogen (secondary N) is 1. The molecule has 7 heteroatoms. The standard InChI is InChI=1S/C27H24N2O5/c1-2-3-6-18-9-13-20(14-10-18)28-24(30)17-34-27(33)19-11-15-21(16-12-19)29-25(31)22-7-4-5-8-23(22)26(29)32/h4-5,7-16H,2-3,6,17H2,1H3,(H,28,30). The van der Waals surface area contributed by atoms with E-state index in [1.807, 2.05) is 24.3 Å². The van der Waals surface area contributed by atoms with Crippen LogP contribution in [0.1, 0.15) is 56.4 Å². The average Bonchev–Trinajstić information content (AvgIpc) is 3.12. The molecule has 0 spiro atoms. The molecule has 1 aliphatic rings. The summed E-state index contributed by atoms with van der Waals surface area (Å²) in [6, 6.07) is 20.1. The van der Waals surface area contributed by atoms with Crippen molar-refractivity contribution in [1.82, 2.24) is 0 Å². The number of ether oxygens (including phenoxy) is 1. The van der Waals surface area contributed by atoms with Gasteiger partial charge < -0.3 is 10.1 Å². The van der Waals surface area contributed by atoms with Crippen LogP contribution in [0.2, 0.25) is 0 Å². The highest BCUT2D eigenvalue weighted by atomic mass is 16.5. The number of nitrogens with zero attached hydrogens (tertiary/aromatic N) is 1. The molecule has 0 saturated heterocycles. The lowest BCUT2D eigenvalue weighted by Crippen LogP contribution is -2.29. The summed E-state index contributed by atoms with van der Waals surface area (Å²) in [5, 5.41) is 2.70. The van der Waals surface area contributed by atoms with Gasteiger partial charge in [-0.3, -0.25) is 14.4 Å². The molecule has 0 saturated carbocycles. The van der Waals surface area contributed by atoms with Crippen molar-refractivity contribution >= 4 is 35.1 Å². The van der Waals surface area contributed by atoms with Crippen molar-refractivity contribution < 1.29 is 23.9 Å². The summed E-state index contributed by atoms with van der Waals surface area (Å²) in [6.07, 6.45) is 3.23. The number of rotatable bonds is 8. The molecular weight excluding hydrogens is 432 g/mol. The van der Waals surface area contributed by atoms with Crippen molar-refractivity contribution in [2.75, 3.05) is 16.8 Å². The van der Waals surface area contributed by atoms with Gasteiger partial charge in [0, 0.05) is 5.69 Å². The lowest BCUT2D eigenvalue weighted by molar-refractivity contribution is -0.119. The molecule has 3 amide bonds. The lowest BCUT2D eigenvalue weighted by Gasteiger charge is -2.14. The number of fused-ring (bicyclic) bond motifs is 1. The quantitative estimate of drug-likeness (QED) is 0.394. The van der Waals surface area contributed by atoms with Gasteiger partial charge in [-0.2, -0.15) is 0 Å². The van der Waals surface area contributed by atoms with Gasteiger partial charge in [-0.25, -0.2) is 9.69 Å². The first-order valence-corrected chi connectivity index (χ1v) is 11.1. The fourth-order valence-electron chi connectivity index (χ4n) is 3.72. The third-order valence-corrected chi connectivity index (χ3v) is 5.55. The molecular formula is C27H24N2O5. The van der Waals surface area contributed by atoms with Crippen LogP contribution in [0, 0.1) is 0 Å². The Balaban J connectivity index is 1.31. The summed E-state index contributed by atoms with van der Waals surface area (Å²) < 4.78 is 5.10. The number of amides is 3. The molecule has 7 nitrogen and oxygen atoms in total. The van der Waals surface area contributed by atoms with Crippen LogP contribution in [0.15, 0.2) is 72.8 Å². The van der Waals surface area contributed by atoms with Crippen molar-refractivity contribution in [3.63, 3.8) is 0 Å². The number of imide groups is 1.